The fourth-order valence-electron chi connectivity index (χ4n) is 5.10. The minimum Gasteiger partial charge on any atom is -0.548 e. The molecule has 3 aliphatic rings. The van der Waals surface area contributed by atoms with Crippen LogP contribution < -0.4 is 10.4 Å². The molecule has 0 spiro atoms. The fourth-order valence-corrected chi connectivity index (χ4v) is 5.10. The molecule has 9 nitrogen and oxygen atoms in total. The predicted octanol–water partition coefficient (Wildman–Crippen LogP) is 1.64. The number of nitrogens with one attached hydrogen (secondary N) is 1. The van der Waals surface area contributed by atoms with Gasteiger partial charge < -0.3 is 20.1 Å². The summed E-state index contributed by atoms with van der Waals surface area (Å²) in [5, 5.41) is 25.6. The van der Waals surface area contributed by atoms with Crippen LogP contribution in [0, 0.1) is 0 Å². The number of nitrogens with zero attached hydrogens (tertiary/aromatic N) is 3. The van der Waals surface area contributed by atoms with Gasteiger partial charge in [0.05, 0.1) is 18.1 Å². The summed E-state index contributed by atoms with van der Waals surface area (Å²) in [5.74, 6) is -1.37. The molecule has 0 radical (unpaired) electrons. The third-order valence-electron chi connectivity index (χ3n) is 6.67. The zero-order valence-electron chi connectivity index (χ0n) is 17.4. The second-order valence-corrected chi connectivity index (χ2v) is 9.10. The molecule has 0 aromatic heterocycles. The van der Waals surface area contributed by atoms with Crippen LogP contribution in [0.3, 0.4) is 0 Å². The maximum Gasteiger partial charge on any atom is 0.343 e. The Hall–Kier alpha value is -2.03. The van der Waals surface area contributed by atoms with E-state index in [0.717, 1.165) is 64.2 Å². The van der Waals surface area contributed by atoms with Crippen LogP contribution >= 0.6 is 0 Å². The molecule has 0 bridgehead atoms. The smallest absolute Gasteiger partial charge is 0.343 e. The summed E-state index contributed by atoms with van der Waals surface area (Å²) in [4.78, 5) is 40.0. The highest BCUT2D eigenvalue weighted by Gasteiger charge is 2.57. The monoisotopic (exact) mass is 409 g/mol. The summed E-state index contributed by atoms with van der Waals surface area (Å²) in [6.07, 6.45) is 8.54. The van der Waals surface area contributed by atoms with Crippen LogP contribution in [0.25, 0.3) is 0 Å². The van der Waals surface area contributed by atoms with Gasteiger partial charge >= 0.3 is 12.1 Å². The first kappa shape index (κ1) is 21.7. The second kappa shape index (κ2) is 8.77. The molecule has 0 unspecified atom stereocenters. The highest BCUT2D eigenvalue weighted by Crippen LogP contribution is 2.38. The minimum absolute atomic E-state index is 0.00794. The van der Waals surface area contributed by atoms with E-state index in [0.29, 0.717) is 5.06 Å². The van der Waals surface area contributed by atoms with Crippen molar-refractivity contribution < 1.29 is 24.7 Å². The number of carboxylic acid groups (broad SMARTS) is 1. The van der Waals surface area contributed by atoms with Crippen LogP contribution in [0.15, 0.2) is 0 Å². The van der Waals surface area contributed by atoms with Crippen LogP contribution in [0.5, 0.6) is 0 Å². The zero-order chi connectivity index (χ0) is 21.2. The molecule has 3 fully saturated rings. The number of carbonyl (C=O) groups excluding carboxylic acids is 3. The number of rotatable bonds is 5. The number of carbonyl (C=O) groups is 3. The molecule has 9 heteroatoms. The first-order valence-corrected chi connectivity index (χ1v) is 10.8. The van der Waals surface area contributed by atoms with Gasteiger partial charge in [-0.05, 0) is 39.5 Å². The van der Waals surface area contributed by atoms with Gasteiger partial charge in [0.25, 0.3) is 0 Å². The van der Waals surface area contributed by atoms with Gasteiger partial charge in [-0.3, -0.25) is 10.1 Å². The SMILES string of the molecule is CC1(C)[C@@H](N(O)C(=O)NC2CCCCC2)N(C2CCCCC2)C(=O)N1CC(=O)[O-]. The van der Waals surface area contributed by atoms with Crippen molar-refractivity contribution in [1.29, 1.82) is 0 Å². The van der Waals surface area contributed by atoms with Crippen molar-refractivity contribution >= 4 is 18.0 Å². The lowest BCUT2D eigenvalue weighted by atomic mass is 9.92. The van der Waals surface area contributed by atoms with Gasteiger partial charge in [0.2, 0.25) is 0 Å². The minimum atomic E-state index is -1.37. The molecule has 1 atom stereocenters. The predicted molar refractivity (Wildman–Crippen MR) is 103 cm³/mol. The number of aliphatic carboxylic acids is 1. The fraction of sp³-hybridized carbons (Fsp3) is 0.850. The lowest BCUT2D eigenvalue weighted by Gasteiger charge is -2.41. The van der Waals surface area contributed by atoms with Gasteiger partial charge in [-0.1, -0.05) is 38.5 Å². The summed E-state index contributed by atoms with van der Waals surface area (Å²) >= 11 is 0. The molecular formula is C20H33N4O5-. The van der Waals surface area contributed by atoms with Crippen molar-refractivity contribution in [2.45, 2.75) is 102 Å². The lowest BCUT2D eigenvalue weighted by molar-refractivity contribution is -0.306. The number of carboxylic acids is 1. The molecule has 2 saturated carbocycles. The largest absolute Gasteiger partial charge is 0.548 e. The van der Waals surface area contributed by atoms with E-state index in [9.17, 15) is 24.7 Å². The summed E-state index contributed by atoms with van der Waals surface area (Å²) in [6, 6.07) is -1.24. The number of hydroxylamine groups is 2. The third-order valence-corrected chi connectivity index (χ3v) is 6.67. The molecule has 164 valence electrons. The lowest BCUT2D eigenvalue weighted by Crippen LogP contribution is -2.61. The summed E-state index contributed by atoms with van der Waals surface area (Å²) < 4.78 is 0. The van der Waals surface area contributed by atoms with E-state index in [-0.39, 0.29) is 12.1 Å². The third kappa shape index (κ3) is 4.44. The van der Waals surface area contributed by atoms with Crippen molar-refractivity contribution in [1.82, 2.24) is 20.2 Å². The van der Waals surface area contributed by atoms with Crippen LogP contribution in [0.1, 0.15) is 78.1 Å². The van der Waals surface area contributed by atoms with Gasteiger partial charge in [-0.15, -0.1) is 0 Å². The Labute approximate surface area is 172 Å². The van der Waals surface area contributed by atoms with E-state index < -0.39 is 36.3 Å². The molecule has 1 heterocycles. The maximum atomic E-state index is 13.2. The van der Waals surface area contributed by atoms with E-state index in [2.05, 4.69) is 5.32 Å². The highest BCUT2D eigenvalue weighted by atomic mass is 16.5. The summed E-state index contributed by atoms with van der Waals surface area (Å²) in [5.41, 5.74) is -1.09. The van der Waals surface area contributed by atoms with Crippen LogP contribution in [-0.2, 0) is 4.79 Å². The average Bonchev–Trinajstić information content (AvgIpc) is 2.88. The van der Waals surface area contributed by atoms with E-state index in [4.69, 9.17) is 0 Å². The Kier molecular flexibility index (Phi) is 6.55. The molecule has 29 heavy (non-hydrogen) atoms. The number of urea groups is 2. The molecule has 0 aromatic carbocycles. The molecule has 0 aromatic rings. The number of amides is 4. The Balaban J connectivity index is 1.84. The van der Waals surface area contributed by atoms with Crippen LogP contribution in [-0.4, -0.2) is 68.4 Å². The topological polar surface area (TPSA) is 116 Å². The van der Waals surface area contributed by atoms with Crippen molar-refractivity contribution in [3.8, 4) is 0 Å². The molecule has 2 N–H and O–H groups in total. The van der Waals surface area contributed by atoms with Crippen molar-refractivity contribution in [3.05, 3.63) is 0 Å². The average molecular weight is 410 g/mol. The van der Waals surface area contributed by atoms with Crippen molar-refractivity contribution in [3.63, 3.8) is 0 Å². The number of hydrogen-bond donors (Lipinski definition) is 2. The van der Waals surface area contributed by atoms with E-state index in [1.165, 1.54) is 9.80 Å². The number of hydrogen-bond acceptors (Lipinski definition) is 5. The normalized spacial score (nSPS) is 25.9. The molecule has 1 saturated heterocycles. The van der Waals surface area contributed by atoms with Gasteiger partial charge in [-0.25, -0.2) is 9.59 Å². The molecular weight excluding hydrogens is 376 g/mol. The molecule has 4 amide bonds. The van der Waals surface area contributed by atoms with E-state index in [1.807, 2.05) is 0 Å². The van der Waals surface area contributed by atoms with Gasteiger partial charge in [-0.2, -0.15) is 5.06 Å². The van der Waals surface area contributed by atoms with E-state index in [1.54, 1.807) is 13.8 Å². The van der Waals surface area contributed by atoms with Gasteiger partial charge in [0.1, 0.15) is 0 Å². The molecule has 1 aliphatic heterocycles. The quantitative estimate of drug-likeness (QED) is 0.529. The van der Waals surface area contributed by atoms with Crippen LogP contribution in [0.2, 0.25) is 0 Å². The first-order chi connectivity index (χ1) is 13.7. The van der Waals surface area contributed by atoms with Crippen molar-refractivity contribution in [2.24, 2.45) is 0 Å². The van der Waals surface area contributed by atoms with Gasteiger partial charge in [0, 0.05) is 12.1 Å². The summed E-state index contributed by atoms with van der Waals surface area (Å²) in [7, 11) is 0. The second-order valence-electron chi connectivity index (χ2n) is 9.10. The maximum absolute atomic E-state index is 13.2. The van der Waals surface area contributed by atoms with Crippen LogP contribution in [0.4, 0.5) is 9.59 Å². The Bertz CT molecular complexity index is 628. The molecule has 2 aliphatic carbocycles. The van der Waals surface area contributed by atoms with Gasteiger partial charge in [0.15, 0.2) is 6.17 Å². The van der Waals surface area contributed by atoms with Crippen molar-refractivity contribution in [2.75, 3.05) is 6.54 Å². The Morgan fingerprint density at radius 2 is 1.66 bits per heavy atom. The van der Waals surface area contributed by atoms with E-state index >= 15 is 0 Å². The summed E-state index contributed by atoms with van der Waals surface area (Å²) in [6.45, 7) is 2.78. The molecule has 3 rings (SSSR count). The highest BCUT2D eigenvalue weighted by molar-refractivity contribution is 5.84. The standard InChI is InChI=1S/C20H34N4O5/c1-20(2)17(24(29)18(27)21-14-9-5-3-6-10-14)23(15-11-7-4-8-12-15)19(28)22(20)13-16(25)26/h14-15,17,29H,3-13H2,1-2H3,(H,21,27)(H,25,26)/p-1/t17-/m1/s1. The zero-order valence-corrected chi connectivity index (χ0v) is 17.4. The Morgan fingerprint density at radius 1 is 1.10 bits per heavy atom. The first-order valence-electron chi connectivity index (χ1n) is 10.8. The Morgan fingerprint density at radius 3 is 2.21 bits per heavy atom.